The quantitative estimate of drug-likeness (QED) is 0.577. The first-order valence-electron chi connectivity index (χ1n) is 6.85. The van der Waals surface area contributed by atoms with E-state index in [1.807, 2.05) is 6.07 Å². The Labute approximate surface area is 128 Å². The molecule has 0 unspecified atom stereocenters. The minimum absolute atomic E-state index is 0.288. The maximum absolute atomic E-state index is 13.4. The lowest BCUT2D eigenvalue weighted by Crippen LogP contribution is -2.17. The Balaban J connectivity index is 1.87. The van der Waals surface area contributed by atoms with Crippen LogP contribution in [0.15, 0.2) is 58.9 Å². The van der Waals surface area contributed by atoms with Crippen LogP contribution in [0.25, 0.3) is 21.9 Å². The van der Waals surface area contributed by atoms with Crippen molar-refractivity contribution in [1.82, 2.24) is 19.6 Å². The minimum atomic E-state index is -0.376. The van der Waals surface area contributed by atoms with Crippen molar-refractivity contribution in [1.29, 1.82) is 0 Å². The zero-order chi connectivity index (χ0) is 15.8. The highest BCUT2D eigenvalue weighted by Crippen LogP contribution is 2.21. The number of benzene rings is 1. The number of fused-ring (bicyclic) bond motifs is 3. The zero-order valence-electron chi connectivity index (χ0n) is 11.8. The van der Waals surface area contributed by atoms with Gasteiger partial charge >= 0.3 is 0 Å². The molecule has 0 radical (unpaired) electrons. The molecule has 0 aliphatic rings. The number of H-pyrrole nitrogens is 1. The third-order valence-corrected chi connectivity index (χ3v) is 3.47. The summed E-state index contributed by atoms with van der Waals surface area (Å²) in [5.74, 6) is -0.376. The minimum Gasteiger partial charge on any atom is -0.349 e. The molecule has 0 bridgehead atoms. The Morgan fingerprint density at radius 2 is 2.22 bits per heavy atom. The average Bonchev–Trinajstić information content (AvgIpc) is 2.94. The summed E-state index contributed by atoms with van der Waals surface area (Å²) in [5, 5.41) is 4.67. The van der Waals surface area contributed by atoms with Gasteiger partial charge in [0.05, 0.1) is 6.21 Å². The Bertz CT molecular complexity index is 1100. The highest BCUT2D eigenvalue weighted by Gasteiger charge is 2.11. The number of hydrogen-bond acceptors (Lipinski definition) is 4. The van der Waals surface area contributed by atoms with Gasteiger partial charge in [0.25, 0.3) is 5.56 Å². The molecule has 3 aromatic heterocycles. The number of halogens is 1. The lowest BCUT2D eigenvalue weighted by molar-refractivity contribution is 0.630. The van der Waals surface area contributed by atoms with Crippen molar-refractivity contribution in [3.63, 3.8) is 0 Å². The summed E-state index contributed by atoms with van der Waals surface area (Å²) in [7, 11) is 0. The van der Waals surface area contributed by atoms with Gasteiger partial charge in [0.2, 0.25) is 0 Å². The molecule has 0 fully saturated rings. The predicted octanol–water partition coefficient (Wildman–Crippen LogP) is 2.29. The van der Waals surface area contributed by atoms with E-state index in [4.69, 9.17) is 0 Å². The molecule has 6 nitrogen and oxygen atoms in total. The van der Waals surface area contributed by atoms with Crippen molar-refractivity contribution in [2.75, 3.05) is 0 Å². The van der Waals surface area contributed by atoms with E-state index < -0.39 is 0 Å². The van der Waals surface area contributed by atoms with Gasteiger partial charge in [-0.1, -0.05) is 6.07 Å². The van der Waals surface area contributed by atoms with Gasteiger partial charge in [0.15, 0.2) is 0 Å². The smallest absolute Gasteiger partial charge is 0.298 e. The van der Waals surface area contributed by atoms with Crippen molar-refractivity contribution < 1.29 is 4.39 Å². The van der Waals surface area contributed by atoms with Crippen molar-refractivity contribution >= 4 is 28.2 Å². The highest BCUT2D eigenvalue weighted by atomic mass is 19.1. The zero-order valence-corrected chi connectivity index (χ0v) is 11.8. The fourth-order valence-corrected chi connectivity index (χ4v) is 2.38. The molecule has 4 aromatic rings. The summed E-state index contributed by atoms with van der Waals surface area (Å²) >= 11 is 0. The molecule has 0 atom stereocenters. The largest absolute Gasteiger partial charge is 0.349 e. The molecule has 0 saturated heterocycles. The van der Waals surface area contributed by atoms with Gasteiger partial charge in [-0.3, -0.25) is 9.78 Å². The molecule has 0 spiro atoms. The van der Waals surface area contributed by atoms with Crippen LogP contribution in [0.2, 0.25) is 0 Å². The van der Waals surface area contributed by atoms with Gasteiger partial charge < -0.3 is 4.98 Å². The summed E-state index contributed by atoms with van der Waals surface area (Å²) < 4.78 is 14.5. The van der Waals surface area contributed by atoms with Gasteiger partial charge in [-0.25, -0.2) is 9.37 Å². The second-order valence-corrected chi connectivity index (χ2v) is 4.96. The number of aromatic nitrogens is 4. The highest BCUT2D eigenvalue weighted by molar-refractivity contribution is 6.04. The van der Waals surface area contributed by atoms with E-state index in [0.29, 0.717) is 16.4 Å². The van der Waals surface area contributed by atoms with E-state index >= 15 is 0 Å². The molecule has 23 heavy (non-hydrogen) atoms. The number of nitrogens with zero attached hydrogens (tertiary/aromatic N) is 4. The van der Waals surface area contributed by atoms with Crippen molar-refractivity contribution in [2.24, 2.45) is 5.10 Å². The molecule has 112 valence electrons. The number of aromatic amines is 1. The second-order valence-electron chi connectivity index (χ2n) is 4.96. The maximum Gasteiger partial charge on any atom is 0.298 e. The normalized spacial score (nSPS) is 11.7. The second kappa shape index (κ2) is 5.13. The molecule has 1 aromatic carbocycles. The van der Waals surface area contributed by atoms with E-state index in [1.165, 1.54) is 24.7 Å². The van der Waals surface area contributed by atoms with Crippen LogP contribution in [-0.4, -0.2) is 25.8 Å². The van der Waals surface area contributed by atoms with E-state index in [2.05, 4.69) is 20.1 Å². The maximum atomic E-state index is 13.4. The Morgan fingerprint density at radius 1 is 1.30 bits per heavy atom. The van der Waals surface area contributed by atoms with Gasteiger partial charge in [-0.05, 0) is 24.3 Å². The molecular formula is C16H10FN5O. The number of hydrogen-bond donors (Lipinski definition) is 1. The molecule has 0 amide bonds. The van der Waals surface area contributed by atoms with E-state index in [9.17, 15) is 9.18 Å². The molecule has 3 heterocycles. The molecule has 0 aliphatic carbocycles. The van der Waals surface area contributed by atoms with Crippen LogP contribution in [0.3, 0.4) is 0 Å². The lowest BCUT2D eigenvalue weighted by atomic mass is 10.2. The van der Waals surface area contributed by atoms with Crippen molar-refractivity contribution in [3.05, 3.63) is 70.8 Å². The number of pyridine rings is 1. The summed E-state index contributed by atoms with van der Waals surface area (Å²) in [6.07, 6.45) is 6.12. The molecule has 0 aliphatic heterocycles. The Kier molecular flexibility index (Phi) is 2.97. The van der Waals surface area contributed by atoms with Crippen LogP contribution in [-0.2, 0) is 0 Å². The molecule has 4 rings (SSSR count). The fourth-order valence-electron chi connectivity index (χ4n) is 2.38. The van der Waals surface area contributed by atoms with E-state index in [-0.39, 0.29) is 16.9 Å². The summed E-state index contributed by atoms with van der Waals surface area (Å²) in [6.45, 7) is 0. The standard InChI is InChI=1S/C16H10FN5O/c17-11-3-4-13-12(6-11)14-15(21-13)16(23)22(9-19-14)20-8-10-2-1-5-18-7-10/h1-9,21H/b20-8+. The molecule has 1 N–H and O–H groups in total. The summed E-state index contributed by atoms with van der Waals surface area (Å²) in [6, 6.07) is 7.85. The van der Waals surface area contributed by atoms with E-state index in [0.717, 1.165) is 10.2 Å². The summed E-state index contributed by atoms with van der Waals surface area (Å²) in [4.78, 5) is 23.6. The fraction of sp³-hybridized carbons (Fsp3) is 0. The van der Waals surface area contributed by atoms with Crippen LogP contribution in [0, 0.1) is 5.82 Å². The van der Waals surface area contributed by atoms with Crippen LogP contribution in [0.4, 0.5) is 4.39 Å². The third kappa shape index (κ3) is 2.28. The number of rotatable bonds is 2. The first-order chi connectivity index (χ1) is 11.2. The Hall–Kier alpha value is -3.35. The third-order valence-electron chi connectivity index (χ3n) is 3.47. The molecular weight excluding hydrogens is 297 g/mol. The summed E-state index contributed by atoms with van der Waals surface area (Å²) in [5.41, 5.74) is 1.78. The monoisotopic (exact) mass is 307 g/mol. The van der Waals surface area contributed by atoms with Gasteiger partial charge in [-0.15, -0.1) is 0 Å². The molecule has 7 heteroatoms. The first kappa shape index (κ1) is 13.3. The van der Waals surface area contributed by atoms with Gasteiger partial charge in [0.1, 0.15) is 23.2 Å². The Morgan fingerprint density at radius 3 is 3.04 bits per heavy atom. The van der Waals surface area contributed by atoms with Crippen LogP contribution in [0.5, 0.6) is 0 Å². The first-order valence-corrected chi connectivity index (χ1v) is 6.85. The molecule has 0 saturated carbocycles. The lowest BCUT2D eigenvalue weighted by Gasteiger charge is -1.97. The predicted molar refractivity (Wildman–Crippen MR) is 85.0 cm³/mol. The van der Waals surface area contributed by atoms with Crippen molar-refractivity contribution in [3.8, 4) is 0 Å². The van der Waals surface area contributed by atoms with Crippen LogP contribution >= 0.6 is 0 Å². The van der Waals surface area contributed by atoms with Gasteiger partial charge in [-0.2, -0.15) is 9.78 Å². The van der Waals surface area contributed by atoms with Gasteiger partial charge in [0, 0.05) is 28.9 Å². The SMILES string of the molecule is O=c1c2[nH]c3ccc(F)cc3c2ncn1/N=C/c1cccnc1. The van der Waals surface area contributed by atoms with Crippen LogP contribution < -0.4 is 5.56 Å². The van der Waals surface area contributed by atoms with E-state index in [1.54, 1.807) is 24.5 Å². The average molecular weight is 307 g/mol. The number of nitrogens with one attached hydrogen (secondary N) is 1. The topological polar surface area (TPSA) is 75.9 Å². The van der Waals surface area contributed by atoms with Crippen LogP contribution in [0.1, 0.15) is 5.56 Å². The van der Waals surface area contributed by atoms with Crippen molar-refractivity contribution in [2.45, 2.75) is 0 Å².